The van der Waals surface area contributed by atoms with Gasteiger partial charge in [0.15, 0.2) is 0 Å². The zero-order valence-corrected chi connectivity index (χ0v) is 19.8. The van der Waals surface area contributed by atoms with Gasteiger partial charge in [-0.15, -0.1) is 11.3 Å². The van der Waals surface area contributed by atoms with Gasteiger partial charge in [-0.05, 0) is 56.4 Å². The number of carbonyl (C=O) groups is 1. The third-order valence-electron chi connectivity index (χ3n) is 5.13. The number of halogens is 1. The van der Waals surface area contributed by atoms with E-state index in [1.54, 1.807) is 34.9 Å². The van der Waals surface area contributed by atoms with Gasteiger partial charge in [-0.3, -0.25) is 4.79 Å². The van der Waals surface area contributed by atoms with E-state index in [2.05, 4.69) is 4.72 Å². The smallest absolute Gasteiger partial charge is 0.240 e. The van der Waals surface area contributed by atoms with E-state index in [1.807, 2.05) is 24.5 Å². The van der Waals surface area contributed by atoms with Crippen molar-refractivity contribution in [2.45, 2.75) is 38.1 Å². The van der Waals surface area contributed by atoms with E-state index in [-0.39, 0.29) is 11.7 Å². The number of fused-ring (bicyclic) bond motifs is 1. The summed E-state index contributed by atoms with van der Waals surface area (Å²) in [4.78, 5) is 19.5. The van der Waals surface area contributed by atoms with Gasteiger partial charge in [-0.1, -0.05) is 11.6 Å². The first-order chi connectivity index (χ1) is 13.8. The molecule has 160 valence electrons. The lowest BCUT2D eigenvalue weighted by molar-refractivity contribution is -0.134. The van der Waals surface area contributed by atoms with Crippen LogP contribution in [0.4, 0.5) is 0 Å². The second-order valence-corrected chi connectivity index (χ2v) is 11.6. The summed E-state index contributed by atoms with van der Waals surface area (Å²) in [7, 11) is -3.43. The molecule has 29 heavy (non-hydrogen) atoms. The minimum atomic E-state index is -3.43. The first-order valence-electron chi connectivity index (χ1n) is 9.66. The molecule has 0 saturated carbocycles. The molecule has 0 spiro atoms. The number of nitrogens with one attached hydrogen (secondary N) is 1. The minimum absolute atomic E-state index is 0.0280. The maximum atomic E-state index is 13.0. The molecule has 1 amide bonds. The number of hydrogen-bond donors (Lipinski definition) is 1. The fourth-order valence-corrected chi connectivity index (χ4v) is 6.00. The average Bonchev–Trinajstić information content (AvgIpc) is 3.14. The zero-order valence-electron chi connectivity index (χ0n) is 16.6. The van der Waals surface area contributed by atoms with Crippen LogP contribution in [-0.2, 0) is 14.8 Å². The fourth-order valence-electron chi connectivity index (χ4n) is 3.43. The van der Waals surface area contributed by atoms with Crippen LogP contribution in [-0.4, -0.2) is 61.1 Å². The lowest BCUT2D eigenvalue weighted by Crippen LogP contribution is -2.51. The average molecular weight is 476 g/mol. The van der Waals surface area contributed by atoms with Crippen molar-refractivity contribution in [3.05, 3.63) is 28.2 Å². The Morgan fingerprint density at radius 3 is 2.79 bits per heavy atom. The molecule has 0 bridgehead atoms. The molecule has 6 nitrogen and oxygen atoms in total. The predicted octanol–water partition coefficient (Wildman–Crippen LogP) is 3.72. The van der Waals surface area contributed by atoms with Crippen LogP contribution in [0.5, 0.6) is 0 Å². The van der Waals surface area contributed by atoms with Crippen molar-refractivity contribution in [2.24, 2.45) is 0 Å². The SMILES string of the molecule is CCS(=O)(=O)NC(CCSC)C(=O)N1CCC(c2nc3cc(Cl)ccc3s2)CC1. The Morgan fingerprint density at radius 2 is 2.14 bits per heavy atom. The van der Waals surface area contributed by atoms with Crippen LogP contribution in [0.15, 0.2) is 18.2 Å². The minimum Gasteiger partial charge on any atom is -0.341 e. The third kappa shape index (κ3) is 5.85. The van der Waals surface area contributed by atoms with E-state index >= 15 is 0 Å². The summed E-state index contributed by atoms with van der Waals surface area (Å²) in [5, 5.41) is 1.76. The van der Waals surface area contributed by atoms with E-state index in [1.165, 1.54) is 0 Å². The number of nitrogens with zero attached hydrogens (tertiary/aromatic N) is 2. The summed E-state index contributed by atoms with van der Waals surface area (Å²) in [6.07, 6.45) is 4.11. The first kappa shape index (κ1) is 22.8. The normalized spacial score (nSPS) is 17.0. The maximum Gasteiger partial charge on any atom is 0.240 e. The number of likely N-dealkylation sites (tertiary alicyclic amines) is 1. The Labute approximate surface area is 185 Å². The molecule has 1 N–H and O–H groups in total. The van der Waals surface area contributed by atoms with Crippen molar-refractivity contribution in [1.29, 1.82) is 0 Å². The van der Waals surface area contributed by atoms with Gasteiger partial charge >= 0.3 is 0 Å². The number of hydrogen-bond acceptors (Lipinski definition) is 6. The van der Waals surface area contributed by atoms with E-state index in [9.17, 15) is 13.2 Å². The van der Waals surface area contributed by atoms with Gasteiger partial charge < -0.3 is 4.90 Å². The van der Waals surface area contributed by atoms with Gasteiger partial charge in [0.05, 0.1) is 21.0 Å². The van der Waals surface area contributed by atoms with Crippen LogP contribution in [0.2, 0.25) is 5.02 Å². The van der Waals surface area contributed by atoms with Crippen LogP contribution in [0, 0.1) is 0 Å². The Kier molecular flexibility index (Phi) is 7.83. The predicted molar refractivity (Wildman–Crippen MR) is 123 cm³/mol. The number of sulfonamides is 1. The lowest BCUT2D eigenvalue weighted by atomic mass is 9.97. The standard InChI is InChI=1S/C19H26ClN3O3S3/c1-3-29(25,26)22-15(8-11-27-2)19(24)23-9-6-13(7-10-23)18-21-16-12-14(20)4-5-17(16)28-18/h4-5,12-13,15,22H,3,6-11H2,1-2H3. The number of thioether (sulfide) groups is 1. The van der Waals surface area contributed by atoms with Gasteiger partial charge in [0.25, 0.3) is 0 Å². The number of amides is 1. The summed E-state index contributed by atoms with van der Waals surface area (Å²) in [6.45, 7) is 2.81. The summed E-state index contributed by atoms with van der Waals surface area (Å²) < 4.78 is 27.7. The molecule has 1 fully saturated rings. The molecule has 1 unspecified atom stereocenters. The third-order valence-corrected chi connectivity index (χ3v) is 8.61. The number of piperidine rings is 1. The zero-order chi connectivity index (χ0) is 21.0. The molecule has 2 aromatic rings. The second-order valence-electron chi connectivity index (χ2n) is 7.12. The maximum absolute atomic E-state index is 13.0. The number of aromatic nitrogens is 1. The number of carbonyl (C=O) groups excluding carboxylic acids is 1. The van der Waals surface area contributed by atoms with Gasteiger partial charge in [0.2, 0.25) is 15.9 Å². The highest BCUT2D eigenvalue weighted by molar-refractivity contribution is 7.98. The van der Waals surface area contributed by atoms with Crippen LogP contribution >= 0.6 is 34.7 Å². The molecular formula is C19H26ClN3O3S3. The van der Waals surface area contributed by atoms with Crippen LogP contribution < -0.4 is 4.72 Å². The molecule has 3 rings (SSSR count). The molecule has 2 heterocycles. The monoisotopic (exact) mass is 475 g/mol. The van der Waals surface area contributed by atoms with Gasteiger partial charge in [0, 0.05) is 24.0 Å². The summed E-state index contributed by atoms with van der Waals surface area (Å²) >= 11 is 9.35. The lowest BCUT2D eigenvalue weighted by Gasteiger charge is -2.33. The van der Waals surface area contributed by atoms with Crippen molar-refractivity contribution >= 4 is 60.8 Å². The molecule has 1 aromatic heterocycles. The van der Waals surface area contributed by atoms with Crippen molar-refractivity contribution in [2.75, 3.05) is 30.9 Å². The number of rotatable bonds is 8. The topological polar surface area (TPSA) is 79.4 Å². The van der Waals surface area contributed by atoms with Crippen molar-refractivity contribution in [3.8, 4) is 0 Å². The largest absolute Gasteiger partial charge is 0.341 e. The summed E-state index contributed by atoms with van der Waals surface area (Å²) in [5.41, 5.74) is 0.919. The highest BCUT2D eigenvalue weighted by Gasteiger charge is 2.31. The first-order valence-corrected chi connectivity index (χ1v) is 13.9. The second kappa shape index (κ2) is 9.96. The van der Waals surface area contributed by atoms with E-state index < -0.39 is 16.1 Å². The molecule has 1 aliphatic heterocycles. The Balaban J connectivity index is 1.64. The molecule has 1 saturated heterocycles. The number of benzene rings is 1. The number of thiazole rings is 1. The Bertz CT molecular complexity index is 956. The quantitative estimate of drug-likeness (QED) is 0.629. The Morgan fingerprint density at radius 1 is 1.41 bits per heavy atom. The van der Waals surface area contributed by atoms with Crippen LogP contribution in [0.3, 0.4) is 0 Å². The van der Waals surface area contributed by atoms with Gasteiger partial charge in [-0.25, -0.2) is 18.1 Å². The molecule has 0 aliphatic carbocycles. The van der Waals surface area contributed by atoms with Crippen LogP contribution in [0.25, 0.3) is 10.2 Å². The van der Waals surface area contributed by atoms with E-state index in [0.717, 1.165) is 33.8 Å². The van der Waals surface area contributed by atoms with E-state index in [0.29, 0.717) is 30.5 Å². The van der Waals surface area contributed by atoms with Crippen molar-refractivity contribution < 1.29 is 13.2 Å². The van der Waals surface area contributed by atoms with Gasteiger partial charge in [0.1, 0.15) is 6.04 Å². The Hall–Kier alpha value is -0.870. The molecule has 0 radical (unpaired) electrons. The highest BCUT2D eigenvalue weighted by atomic mass is 35.5. The van der Waals surface area contributed by atoms with E-state index in [4.69, 9.17) is 16.6 Å². The molecule has 1 aliphatic rings. The summed E-state index contributed by atoms with van der Waals surface area (Å²) in [6, 6.07) is 5.06. The fraction of sp³-hybridized carbons (Fsp3) is 0.579. The highest BCUT2D eigenvalue weighted by Crippen LogP contribution is 2.34. The van der Waals surface area contributed by atoms with Gasteiger partial charge in [-0.2, -0.15) is 11.8 Å². The van der Waals surface area contributed by atoms with Crippen LogP contribution in [0.1, 0.15) is 37.1 Å². The van der Waals surface area contributed by atoms with Crippen molar-refractivity contribution in [1.82, 2.24) is 14.6 Å². The molecule has 1 aromatic carbocycles. The molecule has 1 atom stereocenters. The van der Waals surface area contributed by atoms with Crippen molar-refractivity contribution in [3.63, 3.8) is 0 Å². The molecular weight excluding hydrogens is 450 g/mol. The summed E-state index contributed by atoms with van der Waals surface area (Å²) in [5.74, 6) is 0.894. The molecule has 10 heteroatoms.